The topological polar surface area (TPSA) is 88.7 Å². The number of amidine groups is 1. The summed E-state index contributed by atoms with van der Waals surface area (Å²) < 4.78 is 5.20. The van der Waals surface area contributed by atoms with E-state index >= 15 is 0 Å². The van der Waals surface area contributed by atoms with Gasteiger partial charge < -0.3 is 21.1 Å². The lowest BCUT2D eigenvalue weighted by Gasteiger charge is -2.13. The van der Waals surface area contributed by atoms with Gasteiger partial charge in [-0.3, -0.25) is 9.79 Å². The van der Waals surface area contributed by atoms with Gasteiger partial charge in [0.25, 0.3) is 5.91 Å². The number of nitrogens with two attached hydrogens (primary N) is 1. The number of rotatable bonds is 6. The van der Waals surface area contributed by atoms with Crippen LogP contribution in [0, 0.1) is 5.92 Å². The summed E-state index contributed by atoms with van der Waals surface area (Å²) in [6.45, 7) is 1.16. The average molecular weight is 337 g/mol. The summed E-state index contributed by atoms with van der Waals surface area (Å²) in [6.07, 6.45) is 3.84. The standard InChI is InChI=1S/C16H21ClN4O2/c1-23-14-6-13(18)12(17)5-11(14)16(22)20-8-15-19-7-10(21-15)4-9-2-3-9/h5-6,9-10H,2-4,7-8,18H2,1H3,(H,19,21)(H,20,22). The van der Waals surface area contributed by atoms with Crippen LogP contribution < -0.4 is 21.1 Å². The third-order valence-corrected chi connectivity index (χ3v) is 4.50. The molecule has 0 radical (unpaired) electrons. The molecule has 1 atom stereocenters. The first-order valence-corrected chi connectivity index (χ1v) is 8.15. The summed E-state index contributed by atoms with van der Waals surface area (Å²) in [7, 11) is 1.49. The number of halogens is 1. The van der Waals surface area contributed by atoms with Crippen molar-refractivity contribution >= 4 is 29.0 Å². The number of hydrogen-bond donors (Lipinski definition) is 3. The fraction of sp³-hybridized carbons (Fsp3) is 0.500. The predicted molar refractivity (Wildman–Crippen MR) is 91.3 cm³/mol. The molecule has 23 heavy (non-hydrogen) atoms. The first-order valence-electron chi connectivity index (χ1n) is 7.78. The van der Waals surface area contributed by atoms with E-state index in [0.717, 1.165) is 18.3 Å². The van der Waals surface area contributed by atoms with Crippen LogP contribution in [0.4, 0.5) is 5.69 Å². The van der Waals surface area contributed by atoms with Gasteiger partial charge in [-0.15, -0.1) is 0 Å². The molecule has 1 heterocycles. The maximum atomic E-state index is 12.3. The summed E-state index contributed by atoms with van der Waals surface area (Å²) in [5, 5.41) is 6.55. The minimum Gasteiger partial charge on any atom is -0.496 e. The third kappa shape index (κ3) is 3.88. The number of ether oxygens (including phenoxy) is 1. The lowest BCUT2D eigenvalue weighted by Crippen LogP contribution is -2.38. The highest BCUT2D eigenvalue weighted by atomic mass is 35.5. The molecule has 1 aromatic rings. The van der Waals surface area contributed by atoms with Gasteiger partial charge in [0.1, 0.15) is 11.6 Å². The number of nitrogen functional groups attached to an aromatic ring is 1. The average Bonchev–Trinajstić information content (AvgIpc) is 3.24. The second-order valence-corrected chi connectivity index (χ2v) is 6.47. The first kappa shape index (κ1) is 15.9. The molecule has 0 bridgehead atoms. The summed E-state index contributed by atoms with van der Waals surface area (Å²) in [5.74, 6) is 1.82. The Morgan fingerprint density at radius 1 is 1.52 bits per heavy atom. The zero-order chi connectivity index (χ0) is 16.4. The van der Waals surface area contributed by atoms with Crippen LogP contribution in [0.15, 0.2) is 17.1 Å². The molecule has 1 amide bonds. The van der Waals surface area contributed by atoms with Gasteiger partial charge in [0.05, 0.1) is 36.5 Å². The number of benzene rings is 1. The van der Waals surface area contributed by atoms with E-state index in [1.54, 1.807) is 6.07 Å². The molecule has 1 aliphatic carbocycles. The highest BCUT2D eigenvalue weighted by molar-refractivity contribution is 6.33. The van der Waals surface area contributed by atoms with Gasteiger partial charge in [0, 0.05) is 12.1 Å². The van der Waals surface area contributed by atoms with E-state index in [0.29, 0.717) is 34.6 Å². The number of anilines is 1. The number of amides is 1. The van der Waals surface area contributed by atoms with Crippen molar-refractivity contribution in [3.05, 3.63) is 22.7 Å². The van der Waals surface area contributed by atoms with E-state index in [1.165, 1.54) is 32.4 Å². The van der Waals surface area contributed by atoms with Crippen molar-refractivity contribution in [3.8, 4) is 5.75 Å². The van der Waals surface area contributed by atoms with E-state index in [-0.39, 0.29) is 5.91 Å². The highest BCUT2D eigenvalue weighted by Crippen LogP contribution is 2.34. The maximum Gasteiger partial charge on any atom is 0.255 e. The third-order valence-electron chi connectivity index (χ3n) is 4.17. The Morgan fingerprint density at radius 2 is 2.30 bits per heavy atom. The van der Waals surface area contributed by atoms with Crippen molar-refractivity contribution in [1.82, 2.24) is 10.6 Å². The Labute approximate surface area is 140 Å². The lowest BCUT2D eigenvalue weighted by molar-refractivity contribution is 0.0956. The maximum absolute atomic E-state index is 12.3. The van der Waals surface area contributed by atoms with E-state index in [1.807, 2.05) is 0 Å². The molecule has 6 nitrogen and oxygen atoms in total. The molecule has 1 aromatic carbocycles. The Balaban J connectivity index is 1.56. The summed E-state index contributed by atoms with van der Waals surface area (Å²) >= 11 is 5.99. The van der Waals surface area contributed by atoms with Gasteiger partial charge in [-0.2, -0.15) is 0 Å². The molecule has 4 N–H and O–H groups in total. The van der Waals surface area contributed by atoms with Gasteiger partial charge in [0.2, 0.25) is 0 Å². The van der Waals surface area contributed by atoms with Crippen molar-refractivity contribution in [2.24, 2.45) is 10.9 Å². The van der Waals surface area contributed by atoms with Crippen LogP contribution in [0.1, 0.15) is 29.6 Å². The van der Waals surface area contributed by atoms with Crippen molar-refractivity contribution in [1.29, 1.82) is 0 Å². The molecule has 124 valence electrons. The second kappa shape index (κ2) is 6.66. The predicted octanol–water partition coefficient (Wildman–Crippen LogP) is 1.83. The van der Waals surface area contributed by atoms with Crippen LogP contribution in [-0.4, -0.2) is 38.0 Å². The number of aliphatic imine (C=N–C) groups is 1. The molecule has 2 aliphatic rings. The number of carbonyl (C=O) groups is 1. The van der Waals surface area contributed by atoms with Gasteiger partial charge >= 0.3 is 0 Å². The van der Waals surface area contributed by atoms with Gasteiger partial charge in [-0.25, -0.2) is 0 Å². The van der Waals surface area contributed by atoms with E-state index < -0.39 is 0 Å². The van der Waals surface area contributed by atoms with Crippen molar-refractivity contribution < 1.29 is 9.53 Å². The zero-order valence-corrected chi connectivity index (χ0v) is 13.8. The molecule has 1 fully saturated rings. The van der Waals surface area contributed by atoms with Gasteiger partial charge in [-0.05, 0) is 18.4 Å². The number of methoxy groups -OCH3 is 1. The van der Waals surface area contributed by atoms with Crippen LogP contribution in [0.2, 0.25) is 5.02 Å². The lowest BCUT2D eigenvalue weighted by atomic mass is 10.1. The Morgan fingerprint density at radius 3 is 3.00 bits per heavy atom. The Bertz CT molecular complexity index is 643. The summed E-state index contributed by atoms with van der Waals surface area (Å²) in [5.41, 5.74) is 6.47. The fourth-order valence-corrected chi connectivity index (χ4v) is 2.88. The van der Waals surface area contributed by atoms with Gasteiger partial charge in [0.15, 0.2) is 0 Å². The van der Waals surface area contributed by atoms with Crippen LogP contribution in [0.5, 0.6) is 5.75 Å². The number of nitrogens with one attached hydrogen (secondary N) is 2. The van der Waals surface area contributed by atoms with Crippen molar-refractivity contribution in [2.75, 3.05) is 25.9 Å². The quantitative estimate of drug-likeness (QED) is 0.691. The minimum atomic E-state index is -0.265. The highest BCUT2D eigenvalue weighted by Gasteiger charge is 2.28. The smallest absolute Gasteiger partial charge is 0.255 e. The second-order valence-electron chi connectivity index (χ2n) is 6.06. The van der Waals surface area contributed by atoms with Gasteiger partial charge in [-0.1, -0.05) is 24.4 Å². The molecule has 0 aromatic heterocycles. The number of nitrogens with zero attached hydrogens (tertiary/aromatic N) is 1. The van der Waals surface area contributed by atoms with E-state index in [9.17, 15) is 4.79 Å². The Kier molecular flexibility index (Phi) is 4.61. The zero-order valence-electron chi connectivity index (χ0n) is 13.1. The van der Waals surface area contributed by atoms with E-state index in [4.69, 9.17) is 22.1 Å². The van der Waals surface area contributed by atoms with Crippen LogP contribution in [-0.2, 0) is 0 Å². The molecule has 1 aliphatic heterocycles. The van der Waals surface area contributed by atoms with E-state index in [2.05, 4.69) is 15.6 Å². The van der Waals surface area contributed by atoms with Crippen molar-refractivity contribution in [3.63, 3.8) is 0 Å². The summed E-state index contributed by atoms with van der Waals surface area (Å²) in [6, 6.07) is 3.48. The SMILES string of the molecule is COc1cc(N)c(Cl)cc1C(=O)NCC1=NCC(CC2CC2)N1. The Hall–Kier alpha value is -1.95. The molecule has 3 rings (SSSR count). The molecule has 1 saturated carbocycles. The number of carbonyl (C=O) groups excluding carboxylic acids is 1. The molecule has 0 saturated heterocycles. The minimum absolute atomic E-state index is 0.265. The van der Waals surface area contributed by atoms with Crippen molar-refractivity contribution in [2.45, 2.75) is 25.3 Å². The largest absolute Gasteiger partial charge is 0.496 e. The molecular formula is C16H21ClN4O2. The fourth-order valence-electron chi connectivity index (χ4n) is 2.72. The van der Waals surface area contributed by atoms with Crippen LogP contribution in [0.25, 0.3) is 0 Å². The molecular weight excluding hydrogens is 316 g/mol. The van der Waals surface area contributed by atoms with Crippen LogP contribution >= 0.6 is 11.6 Å². The number of hydrogen-bond acceptors (Lipinski definition) is 5. The normalized spacial score (nSPS) is 19.9. The molecule has 0 spiro atoms. The molecule has 1 unspecified atom stereocenters. The van der Waals surface area contributed by atoms with Crippen LogP contribution in [0.3, 0.4) is 0 Å². The first-order chi connectivity index (χ1) is 11.1. The summed E-state index contributed by atoms with van der Waals surface area (Å²) in [4.78, 5) is 16.8. The monoisotopic (exact) mass is 336 g/mol. The molecule has 7 heteroatoms.